The Morgan fingerprint density at radius 2 is 1.47 bits per heavy atom. The number of morpholine rings is 1. The Hall–Kier alpha value is -0.860. The molecular weight excluding hydrogens is 234 g/mol. The fraction of sp³-hybridized carbons (Fsp3) is 0.647. The highest BCUT2D eigenvalue weighted by Crippen LogP contribution is 2.41. The van der Waals surface area contributed by atoms with Gasteiger partial charge >= 0.3 is 0 Å². The van der Waals surface area contributed by atoms with E-state index in [1.807, 2.05) is 0 Å². The molecule has 0 unspecified atom stereocenters. The van der Waals surface area contributed by atoms with Crippen molar-refractivity contribution >= 4 is 0 Å². The van der Waals surface area contributed by atoms with Crippen LogP contribution in [-0.2, 0) is 10.3 Å². The first-order valence-corrected chi connectivity index (χ1v) is 7.80. The quantitative estimate of drug-likeness (QED) is 0.753. The fourth-order valence-electron chi connectivity index (χ4n) is 3.84. The molecule has 0 amide bonds. The van der Waals surface area contributed by atoms with Gasteiger partial charge in [0.15, 0.2) is 0 Å². The van der Waals surface area contributed by atoms with Crippen LogP contribution < -0.4 is 0 Å². The van der Waals surface area contributed by atoms with Gasteiger partial charge in [0.2, 0.25) is 0 Å². The van der Waals surface area contributed by atoms with Crippen LogP contribution in [0.3, 0.4) is 0 Å². The van der Waals surface area contributed by atoms with Gasteiger partial charge in [0.1, 0.15) is 0 Å². The van der Waals surface area contributed by atoms with Gasteiger partial charge in [0.05, 0.1) is 13.2 Å². The third-order valence-corrected chi connectivity index (χ3v) is 4.86. The predicted molar refractivity (Wildman–Crippen MR) is 78.2 cm³/mol. The molecule has 0 bridgehead atoms. The normalized spacial score (nSPS) is 24.8. The van der Waals surface area contributed by atoms with Crippen LogP contribution in [0, 0.1) is 0 Å². The molecule has 1 aromatic rings. The Morgan fingerprint density at radius 3 is 2.11 bits per heavy atom. The molecule has 0 radical (unpaired) electrons. The summed E-state index contributed by atoms with van der Waals surface area (Å²) in [5.41, 5.74) is 1.81. The maximum Gasteiger partial charge on any atom is 0.0594 e. The molecule has 19 heavy (non-hydrogen) atoms. The van der Waals surface area contributed by atoms with E-state index in [0.717, 1.165) is 26.3 Å². The lowest BCUT2D eigenvalue weighted by molar-refractivity contribution is -0.0319. The molecule has 2 aliphatic rings. The molecule has 3 rings (SSSR count). The Kier molecular flexibility index (Phi) is 4.19. The van der Waals surface area contributed by atoms with Crippen molar-refractivity contribution in [2.45, 2.75) is 44.1 Å². The molecule has 104 valence electrons. The van der Waals surface area contributed by atoms with E-state index in [2.05, 4.69) is 35.2 Å². The molecule has 1 heterocycles. The van der Waals surface area contributed by atoms with Crippen molar-refractivity contribution < 1.29 is 4.74 Å². The SMILES string of the molecule is c1ccc(C2(N3CCOCC3)CCCCCC2)cc1. The zero-order chi connectivity index (χ0) is 13.0. The molecule has 1 saturated heterocycles. The summed E-state index contributed by atoms with van der Waals surface area (Å²) in [6, 6.07) is 11.2. The first kappa shape index (κ1) is 13.1. The van der Waals surface area contributed by atoms with Gasteiger partial charge in [0.25, 0.3) is 0 Å². The molecule has 2 fully saturated rings. The third-order valence-electron chi connectivity index (χ3n) is 4.86. The number of nitrogens with zero attached hydrogens (tertiary/aromatic N) is 1. The molecule has 1 aromatic carbocycles. The molecule has 1 aliphatic carbocycles. The second kappa shape index (κ2) is 6.06. The zero-order valence-corrected chi connectivity index (χ0v) is 11.8. The number of hydrogen-bond acceptors (Lipinski definition) is 2. The average molecular weight is 259 g/mol. The molecular formula is C17H25NO. The van der Waals surface area contributed by atoms with Crippen molar-refractivity contribution in [3.8, 4) is 0 Å². The van der Waals surface area contributed by atoms with Gasteiger partial charge in [-0.15, -0.1) is 0 Å². The number of ether oxygens (including phenoxy) is 1. The van der Waals surface area contributed by atoms with E-state index in [-0.39, 0.29) is 5.54 Å². The fourth-order valence-corrected chi connectivity index (χ4v) is 3.84. The highest BCUT2D eigenvalue weighted by Gasteiger charge is 2.38. The Morgan fingerprint density at radius 1 is 0.842 bits per heavy atom. The van der Waals surface area contributed by atoms with Crippen LogP contribution in [0.1, 0.15) is 44.1 Å². The lowest BCUT2D eigenvalue weighted by Gasteiger charge is -2.46. The van der Waals surface area contributed by atoms with Crippen LogP contribution >= 0.6 is 0 Å². The maximum atomic E-state index is 5.56. The monoisotopic (exact) mass is 259 g/mol. The smallest absolute Gasteiger partial charge is 0.0594 e. The standard InChI is InChI=1S/C17H25NO/c1-2-7-11-17(10-6-1,16-8-4-3-5-9-16)18-12-14-19-15-13-18/h3-5,8-9H,1-2,6-7,10-15H2. The molecule has 0 aromatic heterocycles. The van der Waals surface area contributed by atoms with Gasteiger partial charge in [-0.2, -0.15) is 0 Å². The largest absolute Gasteiger partial charge is 0.379 e. The summed E-state index contributed by atoms with van der Waals surface area (Å²) in [6.45, 7) is 3.98. The summed E-state index contributed by atoms with van der Waals surface area (Å²) in [4.78, 5) is 2.71. The summed E-state index contributed by atoms with van der Waals surface area (Å²) < 4.78 is 5.56. The van der Waals surface area contributed by atoms with Gasteiger partial charge in [0, 0.05) is 18.6 Å². The Balaban J connectivity index is 1.93. The second-order valence-corrected chi connectivity index (χ2v) is 5.91. The molecule has 2 nitrogen and oxygen atoms in total. The number of benzene rings is 1. The van der Waals surface area contributed by atoms with Crippen LogP contribution in [0.15, 0.2) is 30.3 Å². The molecule has 0 N–H and O–H groups in total. The zero-order valence-electron chi connectivity index (χ0n) is 11.8. The van der Waals surface area contributed by atoms with E-state index >= 15 is 0 Å². The van der Waals surface area contributed by atoms with Gasteiger partial charge in [-0.25, -0.2) is 0 Å². The van der Waals surface area contributed by atoms with Crippen molar-refractivity contribution in [1.29, 1.82) is 0 Å². The van der Waals surface area contributed by atoms with Crippen LogP contribution in [-0.4, -0.2) is 31.2 Å². The highest BCUT2D eigenvalue weighted by molar-refractivity contribution is 5.25. The average Bonchev–Trinajstić information content (AvgIpc) is 2.76. The van der Waals surface area contributed by atoms with E-state index in [9.17, 15) is 0 Å². The maximum absolute atomic E-state index is 5.56. The second-order valence-electron chi connectivity index (χ2n) is 5.91. The third kappa shape index (κ3) is 2.70. The van der Waals surface area contributed by atoms with E-state index < -0.39 is 0 Å². The predicted octanol–water partition coefficient (Wildman–Crippen LogP) is 3.57. The summed E-state index contributed by atoms with van der Waals surface area (Å²) in [6.07, 6.45) is 8.17. The van der Waals surface area contributed by atoms with E-state index in [1.54, 1.807) is 0 Å². The van der Waals surface area contributed by atoms with Gasteiger partial charge in [-0.3, -0.25) is 4.90 Å². The van der Waals surface area contributed by atoms with Crippen molar-refractivity contribution in [2.24, 2.45) is 0 Å². The van der Waals surface area contributed by atoms with E-state index in [0.29, 0.717) is 0 Å². The Labute approximate surface area is 116 Å². The minimum atomic E-state index is 0.279. The number of rotatable bonds is 2. The summed E-state index contributed by atoms with van der Waals surface area (Å²) in [7, 11) is 0. The van der Waals surface area contributed by atoms with Crippen molar-refractivity contribution in [1.82, 2.24) is 4.90 Å². The van der Waals surface area contributed by atoms with Crippen LogP contribution in [0.4, 0.5) is 0 Å². The summed E-state index contributed by atoms with van der Waals surface area (Å²) >= 11 is 0. The van der Waals surface area contributed by atoms with Crippen LogP contribution in [0.5, 0.6) is 0 Å². The van der Waals surface area contributed by atoms with Gasteiger partial charge in [-0.1, -0.05) is 56.0 Å². The molecule has 1 aliphatic heterocycles. The molecule has 0 spiro atoms. The highest BCUT2D eigenvalue weighted by atomic mass is 16.5. The number of hydrogen-bond donors (Lipinski definition) is 0. The van der Waals surface area contributed by atoms with Crippen molar-refractivity contribution in [3.63, 3.8) is 0 Å². The van der Waals surface area contributed by atoms with Crippen LogP contribution in [0.25, 0.3) is 0 Å². The minimum absolute atomic E-state index is 0.279. The van der Waals surface area contributed by atoms with Gasteiger partial charge < -0.3 is 4.74 Å². The minimum Gasteiger partial charge on any atom is -0.379 e. The van der Waals surface area contributed by atoms with Gasteiger partial charge in [-0.05, 0) is 18.4 Å². The van der Waals surface area contributed by atoms with Crippen LogP contribution in [0.2, 0.25) is 0 Å². The topological polar surface area (TPSA) is 12.5 Å². The first-order chi connectivity index (χ1) is 9.42. The summed E-state index contributed by atoms with van der Waals surface area (Å²) in [5.74, 6) is 0. The van der Waals surface area contributed by atoms with E-state index in [4.69, 9.17) is 4.74 Å². The molecule has 1 saturated carbocycles. The lowest BCUT2D eigenvalue weighted by Crippen LogP contribution is -2.51. The van der Waals surface area contributed by atoms with E-state index in [1.165, 1.54) is 44.1 Å². The summed E-state index contributed by atoms with van der Waals surface area (Å²) in [5, 5.41) is 0. The Bertz CT molecular complexity index is 376. The lowest BCUT2D eigenvalue weighted by atomic mass is 9.81. The molecule has 2 heteroatoms. The molecule has 0 atom stereocenters. The van der Waals surface area contributed by atoms with Crippen molar-refractivity contribution in [3.05, 3.63) is 35.9 Å². The first-order valence-electron chi connectivity index (χ1n) is 7.80. The van der Waals surface area contributed by atoms with Crippen molar-refractivity contribution in [2.75, 3.05) is 26.3 Å².